The van der Waals surface area contributed by atoms with Crippen LogP contribution in [0.5, 0.6) is 0 Å². The van der Waals surface area contributed by atoms with Gasteiger partial charge in [0.1, 0.15) is 12.4 Å². The van der Waals surface area contributed by atoms with Crippen molar-refractivity contribution in [2.75, 3.05) is 25.1 Å². The van der Waals surface area contributed by atoms with Crippen molar-refractivity contribution in [2.45, 2.75) is 6.92 Å². The summed E-state index contributed by atoms with van der Waals surface area (Å²) in [5.41, 5.74) is 0.0223. The Hall–Kier alpha value is -1.47. The van der Waals surface area contributed by atoms with Gasteiger partial charge >= 0.3 is 5.97 Å². The van der Waals surface area contributed by atoms with Crippen LogP contribution in [0, 0.1) is 5.82 Å². The van der Waals surface area contributed by atoms with E-state index in [1.807, 2.05) is 0 Å². The van der Waals surface area contributed by atoms with Gasteiger partial charge in [-0.2, -0.15) is 0 Å². The van der Waals surface area contributed by atoms with E-state index in [0.717, 1.165) is 0 Å². The van der Waals surface area contributed by atoms with Crippen molar-refractivity contribution in [3.8, 4) is 0 Å². The van der Waals surface area contributed by atoms with E-state index >= 15 is 0 Å². The Kier molecular flexibility index (Phi) is 6.44. The van der Waals surface area contributed by atoms with Crippen molar-refractivity contribution in [1.29, 1.82) is 0 Å². The van der Waals surface area contributed by atoms with Gasteiger partial charge in [-0.3, -0.25) is 4.79 Å². The minimum absolute atomic E-state index is 0.0223. The fourth-order valence-electron chi connectivity index (χ4n) is 1.15. The molecule has 0 fully saturated rings. The zero-order valence-corrected chi connectivity index (χ0v) is 11.8. The molecule has 0 atom stereocenters. The van der Waals surface area contributed by atoms with Gasteiger partial charge in [0.15, 0.2) is 6.61 Å². The number of esters is 1. The van der Waals surface area contributed by atoms with Crippen LogP contribution >= 0.6 is 15.9 Å². The van der Waals surface area contributed by atoms with Gasteiger partial charge in [-0.15, -0.1) is 0 Å². The average molecular weight is 334 g/mol. The molecule has 1 aromatic rings. The molecule has 0 aliphatic rings. The van der Waals surface area contributed by atoms with Crippen LogP contribution in [0.3, 0.4) is 0 Å². The summed E-state index contributed by atoms with van der Waals surface area (Å²) in [5, 5.41) is 2.30. The number of benzene rings is 1. The molecule has 0 aromatic heterocycles. The fraction of sp³-hybridized carbons (Fsp3) is 0.333. The number of rotatable bonds is 6. The molecule has 0 aliphatic carbocycles. The van der Waals surface area contributed by atoms with Crippen LogP contribution in [0.1, 0.15) is 6.92 Å². The first-order valence-corrected chi connectivity index (χ1v) is 6.30. The molecule has 1 N–H and O–H groups in total. The molecule has 0 spiro atoms. The van der Waals surface area contributed by atoms with Crippen LogP contribution < -0.4 is 5.32 Å². The van der Waals surface area contributed by atoms with Crippen LogP contribution in [0.4, 0.5) is 10.1 Å². The number of nitrogens with one attached hydrogen (secondary N) is 1. The molecular formula is C12H13BrFNO4. The quantitative estimate of drug-likeness (QED) is 0.810. The summed E-state index contributed by atoms with van der Waals surface area (Å²) in [6, 6.07) is 4.20. The SMILES string of the molecule is CCOCC(=O)OCC(=O)Nc1ccc(Br)cc1F. The van der Waals surface area contributed by atoms with E-state index in [-0.39, 0.29) is 12.3 Å². The standard InChI is InChI=1S/C12H13BrFNO4/c1-2-18-7-12(17)19-6-11(16)15-10-4-3-8(13)5-9(10)14/h3-5H,2,6-7H2,1H3,(H,15,16). The predicted octanol–water partition coefficient (Wildman–Crippen LogP) is 2.11. The molecule has 1 aromatic carbocycles. The zero-order valence-electron chi connectivity index (χ0n) is 10.2. The smallest absolute Gasteiger partial charge is 0.332 e. The molecular weight excluding hydrogens is 321 g/mol. The number of carbonyl (C=O) groups is 2. The molecule has 104 valence electrons. The number of hydrogen-bond donors (Lipinski definition) is 1. The van der Waals surface area contributed by atoms with E-state index in [1.54, 1.807) is 13.0 Å². The lowest BCUT2D eigenvalue weighted by Crippen LogP contribution is -2.23. The molecule has 0 unspecified atom stereocenters. The molecule has 1 amide bonds. The summed E-state index contributed by atoms with van der Waals surface area (Å²) in [7, 11) is 0. The molecule has 5 nitrogen and oxygen atoms in total. The highest BCUT2D eigenvalue weighted by atomic mass is 79.9. The van der Waals surface area contributed by atoms with Crippen LogP contribution in [0.15, 0.2) is 22.7 Å². The summed E-state index contributed by atoms with van der Waals surface area (Å²) in [5.74, 6) is -1.84. The summed E-state index contributed by atoms with van der Waals surface area (Å²) in [6.45, 7) is 1.42. The predicted molar refractivity (Wildman–Crippen MR) is 70.2 cm³/mol. The Balaban J connectivity index is 2.41. The number of anilines is 1. The number of amides is 1. The van der Waals surface area contributed by atoms with Gasteiger partial charge in [0.25, 0.3) is 5.91 Å². The number of carbonyl (C=O) groups excluding carboxylic acids is 2. The van der Waals surface area contributed by atoms with Crippen molar-refractivity contribution < 1.29 is 23.5 Å². The molecule has 0 saturated carbocycles. The highest BCUT2D eigenvalue weighted by Crippen LogP contribution is 2.19. The van der Waals surface area contributed by atoms with Crippen LogP contribution in [0.2, 0.25) is 0 Å². The van der Waals surface area contributed by atoms with E-state index in [4.69, 9.17) is 4.74 Å². The normalized spacial score (nSPS) is 10.1. The molecule has 1 rings (SSSR count). The fourth-order valence-corrected chi connectivity index (χ4v) is 1.48. The van der Waals surface area contributed by atoms with Gasteiger partial charge in [0, 0.05) is 11.1 Å². The summed E-state index contributed by atoms with van der Waals surface area (Å²) in [6.07, 6.45) is 0. The van der Waals surface area contributed by atoms with E-state index in [2.05, 4.69) is 26.0 Å². The van der Waals surface area contributed by atoms with Crippen LogP contribution in [-0.4, -0.2) is 31.7 Å². The van der Waals surface area contributed by atoms with E-state index < -0.39 is 24.3 Å². The largest absolute Gasteiger partial charge is 0.454 e. The first-order valence-electron chi connectivity index (χ1n) is 5.51. The third kappa shape index (κ3) is 5.80. The van der Waals surface area contributed by atoms with Gasteiger partial charge < -0.3 is 14.8 Å². The van der Waals surface area contributed by atoms with E-state index in [1.165, 1.54) is 12.1 Å². The number of halogens is 2. The Bertz CT molecular complexity index is 467. The lowest BCUT2D eigenvalue weighted by atomic mass is 10.3. The van der Waals surface area contributed by atoms with Gasteiger partial charge in [-0.25, -0.2) is 9.18 Å². The van der Waals surface area contributed by atoms with Gasteiger partial charge in [0.2, 0.25) is 0 Å². The minimum atomic E-state index is -0.645. The lowest BCUT2D eigenvalue weighted by molar-refractivity contribution is -0.151. The topological polar surface area (TPSA) is 64.6 Å². The lowest BCUT2D eigenvalue weighted by Gasteiger charge is -2.07. The average Bonchev–Trinajstić information content (AvgIpc) is 2.37. The van der Waals surface area contributed by atoms with Crippen LogP contribution in [-0.2, 0) is 19.1 Å². The highest BCUT2D eigenvalue weighted by Gasteiger charge is 2.10. The minimum Gasteiger partial charge on any atom is -0.454 e. The first kappa shape index (κ1) is 15.6. The molecule has 0 saturated heterocycles. The van der Waals surface area contributed by atoms with Crippen molar-refractivity contribution >= 4 is 33.5 Å². The molecule has 0 heterocycles. The second kappa shape index (κ2) is 7.85. The van der Waals surface area contributed by atoms with E-state index in [0.29, 0.717) is 11.1 Å². The number of ether oxygens (including phenoxy) is 2. The maximum atomic E-state index is 13.4. The molecule has 19 heavy (non-hydrogen) atoms. The first-order chi connectivity index (χ1) is 9.02. The Morgan fingerprint density at radius 3 is 2.74 bits per heavy atom. The van der Waals surface area contributed by atoms with Crippen molar-refractivity contribution in [3.63, 3.8) is 0 Å². The van der Waals surface area contributed by atoms with Gasteiger partial charge in [-0.05, 0) is 25.1 Å². The highest BCUT2D eigenvalue weighted by molar-refractivity contribution is 9.10. The third-order valence-corrected chi connectivity index (χ3v) is 2.49. The summed E-state index contributed by atoms with van der Waals surface area (Å²) >= 11 is 3.10. The Morgan fingerprint density at radius 1 is 1.37 bits per heavy atom. The summed E-state index contributed by atoms with van der Waals surface area (Å²) in [4.78, 5) is 22.5. The Morgan fingerprint density at radius 2 is 2.11 bits per heavy atom. The summed E-state index contributed by atoms with van der Waals surface area (Å²) < 4.78 is 23.4. The molecule has 0 radical (unpaired) electrons. The maximum Gasteiger partial charge on any atom is 0.332 e. The monoisotopic (exact) mass is 333 g/mol. The molecule has 0 bridgehead atoms. The van der Waals surface area contributed by atoms with Crippen molar-refractivity contribution in [3.05, 3.63) is 28.5 Å². The van der Waals surface area contributed by atoms with E-state index in [9.17, 15) is 14.0 Å². The second-order valence-electron chi connectivity index (χ2n) is 3.47. The zero-order chi connectivity index (χ0) is 14.3. The third-order valence-electron chi connectivity index (χ3n) is 1.99. The van der Waals surface area contributed by atoms with Crippen LogP contribution in [0.25, 0.3) is 0 Å². The van der Waals surface area contributed by atoms with Gasteiger partial charge in [-0.1, -0.05) is 15.9 Å². The Labute approximate surface area is 118 Å². The maximum absolute atomic E-state index is 13.4. The second-order valence-corrected chi connectivity index (χ2v) is 4.39. The van der Waals surface area contributed by atoms with Crippen molar-refractivity contribution in [2.24, 2.45) is 0 Å². The molecule has 7 heteroatoms. The number of hydrogen-bond acceptors (Lipinski definition) is 4. The van der Waals surface area contributed by atoms with Gasteiger partial charge in [0.05, 0.1) is 5.69 Å². The molecule has 0 aliphatic heterocycles. The van der Waals surface area contributed by atoms with Crippen molar-refractivity contribution in [1.82, 2.24) is 0 Å².